The number of hydrogen-bond acceptors (Lipinski definition) is 4. The molecule has 0 aliphatic heterocycles. The van der Waals surface area contributed by atoms with Crippen molar-refractivity contribution < 1.29 is 13.9 Å². The Morgan fingerprint density at radius 1 is 1.44 bits per heavy atom. The maximum Gasteiger partial charge on any atom is 0.170 e. The zero-order valence-electron chi connectivity index (χ0n) is 9.55. The molecule has 1 N–H and O–H groups in total. The van der Waals surface area contributed by atoms with Gasteiger partial charge in [0.2, 0.25) is 0 Å². The smallest absolute Gasteiger partial charge is 0.170 e. The Hall–Kier alpha value is -1.72. The molecule has 0 fully saturated rings. The molecule has 1 atom stereocenters. The van der Waals surface area contributed by atoms with Crippen molar-refractivity contribution in [1.29, 1.82) is 0 Å². The molecule has 3 aromatic rings. The number of nitrogens with zero attached hydrogens (tertiary/aromatic N) is 1. The van der Waals surface area contributed by atoms with Crippen molar-refractivity contribution in [3.05, 3.63) is 51.9 Å². The van der Waals surface area contributed by atoms with E-state index >= 15 is 0 Å². The van der Waals surface area contributed by atoms with Crippen molar-refractivity contribution in [2.24, 2.45) is 0 Å². The Balaban J connectivity index is 2.06. The molecule has 0 spiro atoms. The summed E-state index contributed by atoms with van der Waals surface area (Å²) in [4.78, 5) is 4.19. The van der Waals surface area contributed by atoms with Crippen molar-refractivity contribution in [3.8, 4) is 0 Å². The number of aryl methyl sites for hydroxylation is 1. The van der Waals surface area contributed by atoms with Crippen molar-refractivity contribution in [2.45, 2.75) is 13.0 Å². The summed E-state index contributed by atoms with van der Waals surface area (Å²) < 4.78 is 18.8. The summed E-state index contributed by atoms with van der Waals surface area (Å²) in [5.41, 5.74) is 1.01. The van der Waals surface area contributed by atoms with E-state index in [2.05, 4.69) is 4.98 Å². The van der Waals surface area contributed by atoms with Gasteiger partial charge in [-0.1, -0.05) is 12.1 Å². The second kappa shape index (κ2) is 4.19. The fraction of sp³-hybridized carbons (Fsp3) is 0.154. The van der Waals surface area contributed by atoms with E-state index in [-0.39, 0.29) is 5.58 Å². The quantitative estimate of drug-likeness (QED) is 0.770. The van der Waals surface area contributed by atoms with Gasteiger partial charge in [-0.15, -0.1) is 11.3 Å². The minimum atomic E-state index is -0.949. The minimum Gasteiger partial charge on any atom is -0.455 e. The van der Waals surface area contributed by atoms with Crippen LogP contribution >= 0.6 is 11.3 Å². The molecule has 2 aromatic heterocycles. The molecule has 0 aliphatic carbocycles. The topological polar surface area (TPSA) is 46.3 Å². The van der Waals surface area contributed by atoms with E-state index in [0.29, 0.717) is 16.2 Å². The molecule has 3 rings (SSSR count). The maximum absolute atomic E-state index is 13.5. The maximum atomic E-state index is 13.5. The van der Waals surface area contributed by atoms with Crippen LogP contribution in [0.1, 0.15) is 22.6 Å². The summed E-state index contributed by atoms with van der Waals surface area (Å²) in [5, 5.41) is 13.2. The lowest BCUT2D eigenvalue weighted by Gasteiger charge is -2.02. The lowest BCUT2D eigenvalue weighted by atomic mass is 10.2. The number of thiazole rings is 1. The molecule has 5 heteroatoms. The first-order chi connectivity index (χ1) is 8.65. The third kappa shape index (κ3) is 1.81. The Labute approximate surface area is 107 Å². The van der Waals surface area contributed by atoms with Gasteiger partial charge in [0.1, 0.15) is 10.8 Å². The highest BCUT2D eigenvalue weighted by Gasteiger charge is 2.19. The van der Waals surface area contributed by atoms with E-state index in [1.165, 1.54) is 17.4 Å². The standard InChI is InChI=1S/C13H10FNO2S/c1-7-6-18-13(15-7)11(16)10-5-8-3-2-4-9(14)12(8)17-10/h2-6,11,16H,1H3. The van der Waals surface area contributed by atoms with Crippen LogP contribution in [0.3, 0.4) is 0 Å². The van der Waals surface area contributed by atoms with Crippen LogP contribution in [0.2, 0.25) is 0 Å². The molecule has 1 unspecified atom stereocenters. The van der Waals surface area contributed by atoms with Gasteiger partial charge < -0.3 is 9.52 Å². The highest BCUT2D eigenvalue weighted by molar-refractivity contribution is 7.09. The SMILES string of the molecule is Cc1csc(C(O)c2cc3cccc(F)c3o2)n1. The number of aliphatic hydroxyl groups is 1. The number of benzene rings is 1. The lowest BCUT2D eigenvalue weighted by Crippen LogP contribution is -1.96. The minimum absolute atomic E-state index is 0.167. The lowest BCUT2D eigenvalue weighted by molar-refractivity contribution is 0.191. The highest BCUT2D eigenvalue weighted by atomic mass is 32.1. The molecule has 0 aliphatic rings. The number of fused-ring (bicyclic) bond motifs is 1. The van der Waals surface area contributed by atoms with E-state index in [1.54, 1.807) is 18.2 Å². The second-order valence-electron chi connectivity index (χ2n) is 4.04. The molecule has 92 valence electrons. The Morgan fingerprint density at radius 2 is 2.28 bits per heavy atom. The third-order valence-electron chi connectivity index (χ3n) is 2.66. The zero-order valence-corrected chi connectivity index (χ0v) is 10.4. The first kappa shape index (κ1) is 11.4. The van der Waals surface area contributed by atoms with Crippen LogP contribution < -0.4 is 0 Å². The number of aromatic nitrogens is 1. The Bertz CT molecular complexity index is 704. The number of para-hydroxylation sites is 1. The summed E-state index contributed by atoms with van der Waals surface area (Å²) in [7, 11) is 0. The van der Waals surface area contributed by atoms with E-state index in [4.69, 9.17) is 4.42 Å². The molecule has 2 heterocycles. The average molecular weight is 263 g/mol. The van der Waals surface area contributed by atoms with Gasteiger partial charge in [-0.3, -0.25) is 0 Å². The van der Waals surface area contributed by atoms with Gasteiger partial charge in [-0.25, -0.2) is 9.37 Å². The number of furan rings is 1. The van der Waals surface area contributed by atoms with E-state index in [0.717, 1.165) is 5.69 Å². The van der Waals surface area contributed by atoms with Gasteiger partial charge in [-0.05, 0) is 19.1 Å². The highest BCUT2D eigenvalue weighted by Crippen LogP contribution is 2.30. The van der Waals surface area contributed by atoms with Crippen LogP contribution in [0.25, 0.3) is 11.0 Å². The fourth-order valence-corrected chi connectivity index (χ4v) is 2.59. The van der Waals surface area contributed by atoms with Crippen LogP contribution in [0.5, 0.6) is 0 Å². The first-order valence-corrected chi connectivity index (χ1v) is 6.31. The van der Waals surface area contributed by atoms with Crippen molar-refractivity contribution >= 4 is 22.3 Å². The molecule has 3 nitrogen and oxygen atoms in total. The van der Waals surface area contributed by atoms with Crippen molar-refractivity contribution in [3.63, 3.8) is 0 Å². The Morgan fingerprint density at radius 3 is 2.94 bits per heavy atom. The van der Waals surface area contributed by atoms with E-state index in [9.17, 15) is 9.50 Å². The summed E-state index contributed by atoms with van der Waals surface area (Å²) in [5.74, 6) is -0.120. The molecule has 0 bridgehead atoms. The summed E-state index contributed by atoms with van der Waals surface area (Å²) in [6.45, 7) is 1.85. The van der Waals surface area contributed by atoms with Crippen molar-refractivity contribution in [1.82, 2.24) is 4.98 Å². The molecule has 18 heavy (non-hydrogen) atoms. The monoisotopic (exact) mass is 263 g/mol. The number of halogens is 1. The third-order valence-corrected chi connectivity index (χ3v) is 3.67. The summed E-state index contributed by atoms with van der Waals surface area (Å²) in [6, 6.07) is 6.32. The van der Waals surface area contributed by atoms with Gasteiger partial charge >= 0.3 is 0 Å². The van der Waals surface area contributed by atoms with Crippen LogP contribution in [0.15, 0.2) is 34.1 Å². The molecular formula is C13H10FNO2S. The van der Waals surface area contributed by atoms with Gasteiger partial charge in [0.05, 0.1) is 0 Å². The van der Waals surface area contributed by atoms with Crippen LogP contribution in [-0.2, 0) is 0 Å². The Kier molecular flexibility index (Phi) is 2.65. The second-order valence-corrected chi connectivity index (χ2v) is 4.93. The molecule has 1 aromatic carbocycles. The zero-order chi connectivity index (χ0) is 12.7. The summed E-state index contributed by atoms with van der Waals surface area (Å²) in [6.07, 6.45) is -0.949. The van der Waals surface area contributed by atoms with E-state index < -0.39 is 11.9 Å². The van der Waals surface area contributed by atoms with Crippen LogP contribution in [0, 0.1) is 12.7 Å². The summed E-state index contributed by atoms with van der Waals surface area (Å²) >= 11 is 1.35. The molecule has 0 saturated heterocycles. The van der Waals surface area contributed by atoms with Crippen LogP contribution in [0.4, 0.5) is 4.39 Å². The molecule has 0 radical (unpaired) electrons. The number of rotatable bonds is 2. The average Bonchev–Trinajstić information content (AvgIpc) is 2.95. The molecule has 0 saturated carbocycles. The number of aliphatic hydroxyl groups excluding tert-OH is 1. The van der Waals surface area contributed by atoms with E-state index in [1.807, 2.05) is 12.3 Å². The number of hydrogen-bond donors (Lipinski definition) is 1. The first-order valence-electron chi connectivity index (χ1n) is 5.43. The van der Waals surface area contributed by atoms with Gasteiger partial charge in [0, 0.05) is 16.5 Å². The molecule has 0 amide bonds. The van der Waals surface area contributed by atoms with Crippen LogP contribution in [-0.4, -0.2) is 10.1 Å². The van der Waals surface area contributed by atoms with Gasteiger partial charge in [0.15, 0.2) is 17.5 Å². The predicted molar refractivity (Wildman–Crippen MR) is 67.1 cm³/mol. The molecular weight excluding hydrogens is 253 g/mol. The normalized spacial score (nSPS) is 13.1. The van der Waals surface area contributed by atoms with Crippen molar-refractivity contribution in [2.75, 3.05) is 0 Å². The largest absolute Gasteiger partial charge is 0.455 e. The van der Waals surface area contributed by atoms with Gasteiger partial charge in [-0.2, -0.15) is 0 Å². The predicted octanol–water partition coefficient (Wildman–Crippen LogP) is 3.42. The van der Waals surface area contributed by atoms with Gasteiger partial charge in [0.25, 0.3) is 0 Å². The fourth-order valence-electron chi connectivity index (χ4n) is 1.80.